The molecule has 0 spiro atoms. The number of carbonyl (C=O) groups is 3. The number of aliphatic hydroxyl groups is 2. The number of aliphatic hydroxyl groups excluding tert-OH is 2. The van der Waals surface area contributed by atoms with E-state index in [1.165, 1.54) is 6.42 Å². The van der Waals surface area contributed by atoms with E-state index in [2.05, 4.69) is 16.0 Å². The van der Waals surface area contributed by atoms with Crippen molar-refractivity contribution in [1.82, 2.24) is 16.0 Å². The van der Waals surface area contributed by atoms with E-state index in [9.17, 15) is 24.6 Å². The average Bonchev–Trinajstić information content (AvgIpc) is 2.80. The first-order chi connectivity index (χ1) is 18.5. The molecular weight excluding hydrogens is 510 g/mol. The van der Waals surface area contributed by atoms with Crippen LogP contribution in [-0.2, 0) is 14.3 Å². The van der Waals surface area contributed by atoms with Gasteiger partial charge in [-0.1, -0.05) is 73.6 Å². The molecule has 1 rings (SSSR count). The number of rotatable bonds is 15. The van der Waals surface area contributed by atoms with Gasteiger partial charge in [0.1, 0.15) is 23.8 Å². The van der Waals surface area contributed by atoms with Crippen LogP contribution in [0.1, 0.15) is 120 Å². The molecule has 0 aromatic carbocycles. The molecule has 0 unspecified atom stereocenters. The number of amides is 3. The number of carbonyl (C=O) groups excluding carboxylic acids is 3. The van der Waals surface area contributed by atoms with Gasteiger partial charge in [-0.05, 0) is 70.1 Å². The molecule has 40 heavy (non-hydrogen) atoms. The first-order valence-corrected chi connectivity index (χ1v) is 15.4. The molecule has 1 aliphatic rings. The van der Waals surface area contributed by atoms with E-state index in [0.29, 0.717) is 31.6 Å². The fourth-order valence-electron chi connectivity index (χ4n) is 5.37. The molecule has 9 nitrogen and oxygen atoms in total. The Morgan fingerprint density at radius 2 is 1.23 bits per heavy atom. The van der Waals surface area contributed by atoms with Gasteiger partial charge in [-0.3, -0.25) is 9.59 Å². The van der Waals surface area contributed by atoms with Crippen LogP contribution in [0.3, 0.4) is 0 Å². The maximum atomic E-state index is 13.6. The van der Waals surface area contributed by atoms with Crippen LogP contribution in [-0.4, -0.2) is 64.1 Å². The van der Waals surface area contributed by atoms with Gasteiger partial charge in [0, 0.05) is 0 Å². The zero-order chi connectivity index (χ0) is 30.6. The van der Waals surface area contributed by atoms with E-state index < -0.39 is 47.9 Å². The third-order valence-electron chi connectivity index (χ3n) is 7.21. The first kappa shape index (κ1) is 36.2. The van der Waals surface area contributed by atoms with Crippen molar-refractivity contribution in [3.8, 4) is 0 Å². The van der Waals surface area contributed by atoms with Crippen molar-refractivity contribution >= 4 is 17.9 Å². The average molecular weight is 570 g/mol. The quantitative estimate of drug-likeness (QED) is 0.194. The van der Waals surface area contributed by atoms with Crippen LogP contribution >= 0.6 is 0 Å². The number of alkyl carbamates (subject to hydrolysis) is 1. The summed E-state index contributed by atoms with van der Waals surface area (Å²) in [6.45, 7) is 17.1. The fourth-order valence-corrected chi connectivity index (χ4v) is 5.37. The number of ether oxygens (including phenoxy) is 1. The first-order valence-electron chi connectivity index (χ1n) is 15.4. The minimum absolute atomic E-state index is 0.103. The summed E-state index contributed by atoms with van der Waals surface area (Å²) >= 11 is 0. The SMILES string of the molecule is CC(C)C[C@H](NC(=O)OC(C)(C)C)C(=O)N[C@@H](CC(C)C)C(=O)N[C@@H](CC1CCCCC1)[C@@H](O)[C@@H](O)CC(C)C. The highest BCUT2D eigenvalue weighted by Gasteiger charge is 2.34. The molecule has 1 aliphatic carbocycles. The summed E-state index contributed by atoms with van der Waals surface area (Å²) in [6, 6.07) is -2.35. The molecular formula is C31H59N3O6. The minimum Gasteiger partial charge on any atom is -0.444 e. The predicted octanol–water partition coefficient (Wildman–Crippen LogP) is 4.68. The zero-order valence-corrected chi connectivity index (χ0v) is 26.6. The van der Waals surface area contributed by atoms with Crippen LogP contribution in [0.25, 0.3) is 0 Å². The van der Waals surface area contributed by atoms with E-state index in [1.54, 1.807) is 20.8 Å². The standard InChI is InChI=1S/C31H59N3O6/c1-19(2)15-24(33-29(38)25(16-20(3)4)34-30(39)40-31(7,8)9)28(37)32-23(18-22-13-11-10-12-14-22)27(36)26(35)17-21(5)6/h19-27,35-36H,10-18H2,1-9H3,(H,32,37)(H,33,38)(H,34,39)/t23-,24-,25-,26-,27+/m0/s1. The van der Waals surface area contributed by atoms with Gasteiger partial charge in [0.25, 0.3) is 0 Å². The zero-order valence-electron chi connectivity index (χ0n) is 26.6. The summed E-state index contributed by atoms with van der Waals surface area (Å²) in [5, 5.41) is 30.4. The van der Waals surface area contributed by atoms with Gasteiger partial charge < -0.3 is 30.9 Å². The van der Waals surface area contributed by atoms with Crippen molar-refractivity contribution < 1.29 is 29.3 Å². The molecule has 0 aromatic rings. The normalized spacial score (nSPS) is 18.6. The van der Waals surface area contributed by atoms with Crippen molar-refractivity contribution in [1.29, 1.82) is 0 Å². The third-order valence-corrected chi connectivity index (χ3v) is 7.21. The highest BCUT2D eigenvalue weighted by Crippen LogP contribution is 2.29. The molecule has 9 heteroatoms. The molecule has 1 fully saturated rings. The molecule has 234 valence electrons. The van der Waals surface area contributed by atoms with Crippen molar-refractivity contribution in [3.05, 3.63) is 0 Å². The second-order valence-corrected chi connectivity index (χ2v) is 14.1. The number of nitrogens with one attached hydrogen (secondary N) is 3. The van der Waals surface area contributed by atoms with Gasteiger partial charge in [0.05, 0.1) is 12.1 Å². The third kappa shape index (κ3) is 14.7. The van der Waals surface area contributed by atoms with Crippen LogP contribution < -0.4 is 16.0 Å². The Bertz CT molecular complexity index is 774. The molecule has 0 aliphatic heterocycles. The Labute approximate surface area is 243 Å². The lowest BCUT2D eigenvalue weighted by atomic mass is 9.82. The smallest absolute Gasteiger partial charge is 0.408 e. The van der Waals surface area contributed by atoms with Crippen molar-refractivity contribution in [3.63, 3.8) is 0 Å². The number of hydrogen-bond donors (Lipinski definition) is 5. The molecule has 5 atom stereocenters. The van der Waals surface area contributed by atoms with Crippen molar-refractivity contribution in [2.75, 3.05) is 0 Å². The van der Waals surface area contributed by atoms with Crippen LogP contribution in [0.5, 0.6) is 0 Å². The van der Waals surface area contributed by atoms with Crippen LogP contribution in [0.4, 0.5) is 4.79 Å². The van der Waals surface area contributed by atoms with Gasteiger partial charge >= 0.3 is 6.09 Å². The summed E-state index contributed by atoms with van der Waals surface area (Å²) < 4.78 is 5.36. The Morgan fingerprint density at radius 3 is 1.70 bits per heavy atom. The minimum atomic E-state index is -1.11. The Kier molecular flexibility index (Phi) is 15.5. The Morgan fingerprint density at radius 1 is 0.750 bits per heavy atom. The molecule has 0 heterocycles. The summed E-state index contributed by atoms with van der Waals surface area (Å²) in [5.41, 5.74) is -0.711. The van der Waals surface area contributed by atoms with Crippen LogP contribution in [0.15, 0.2) is 0 Å². The molecule has 0 bridgehead atoms. The van der Waals surface area contributed by atoms with Gasteiger partial charge in [0.2, 0.25) is 11.8 Å². The topological polar surface area (TPSA) is 137 Å². The van der Waals surface area contributed by atoms with E-state index in [0.717, 1.165) is 25.7 Å². The second kappa shape index (κ2) is 17.2. The molecule has 1 saturated carbocycles. The molecule has 0 saturated heterocycles. The molecule has 5 N–H and O–H groups in total. The fraction of sp³-hybridized carbons (Fsp3) is 0.903. The van der Waals surface area contributed by atoms with Gasteiger partial charge in [-0.25, -0.2) is 4.79 Å². The van der Waals surface area contributed by atoms with Crippen molar-refractivity contribution in [2.24, 2.45) is 23.7 Å². The van der Waals surface area contributed by atoms with Gasteiger partial charge in [0.15, 0.2) is 0 Å². The van der Waals surface area contributed by atoms with Crippen molar-refractivity contribution in [2.45, 2.75) is 156 Å². The summed E-state index contributed by atoms with van der Waals surface area (Å²) in [4.78, 5) is 39.5. The molecule has 3 amide bonds. The summed E-state index contributed by atoms with van der Waals surface area (Å²) in [6.07, 6.45) is 4.57. The van der Waals surface area contributed by atoms with E-state index in [4.69, 9.17) is 4.74 Å². The number of hydrogen-bond acceptors (Lipinski definition) is 6. The maximum absolute atomic E-state index is 13.6. The van der Waals surface area contributed by atoms with E-state index in [1.807, 2.05) is 41.5 Å². The van der Waals surface area contributed by atoms with Crippen LogP contribution in [0, 0.1) is 23.7 Å². The van der Waals surface area contributed by atoms with Crippen LogP contribution in [0.2, 0.25) is 0 Å². The lowest BCUT2D eigenvalue weighted by Gasteiger charge is -2.34. The van der Waals surface area contributed by atoms with Gasteiger partial charge in [-0.15, -0.1) is 0 Å². The lowest BCUT2D eigenvalue weighted by Crippen LogP contribution is -2.58. The largest absolute Gasteiger partial charge is 0.444 e. The van der Waals surface area contributed by atoms with Gasteiger partial charge in [-0.2, -0.15) is 0 Å². The summed E-state index contributed by atoms with van der Waals surface area (Å²) in [5.74, 6) is -0.0680. The molecule has 0 radical (unpaired) electrons. The second-order valence-electron chi connectivity index (χ2n) is 14.1. The van der Waals surface area contributed by atoms with E-state index in [-0.39, 0.29) is 23.7 Å². The Balaban J connectivity index is 3.10. The molecule has 0 aromatic heterocycles. The predicted molar refractivity (Wildman–Crippen MR) is 159 cm³/mol. The lowest BCUT2D eigenvalue weighted by molar-refractivity contribution is -0.132. The summed E-state index contributed by atoms with van der Waals surface area (Å²) in [7, 11) is 0. The monoisotopic (exact) mass is 569 g/mol. The Hall–Kier alpha value is -1.87. The highest BCUT2D eigenvalue weighted by atomic mass is 16.6. The maximum Gasteiger partial charge on any atom is 0.408 e. The highest BCUT2D eigenvalue weighted by molar-refractivity contribution is 5.91. The van der Waals surface area contributed by atoms with E-state index >= 15 is 0 Å².